The van der Waals surface area contributed by atoms with Gasteiger partial charge in [0.2, 0.25) is 0 Å². The van der Waals surface area contributed by atoms with Crippen LogP contribution < -0.4 is 4.90 Å². The minimum Gasteiger partial charge on any atom is -0.477 e. The third kappa shape index (κ3) is 2.01. The summed E-state index contributed by atoms with van der Waals surface area (Å²) in [5.41, 5.74) is 0. The predicted molar refractivity (Wildman–Crippen MR) is 67.5 cm³/mol. The smallest absolute Gasteiger partial charge is 0.345 e. The number of aromatic carboxylic acids is 1. The van der Waals surface area contributed by atoms with Gasteiger partial charge in [-0.05, 0) is 6.07 Å². The molecule has 1 aliphatic rings. The largest absolute Gasteiger partial charge is 0.477 e. The molecule has 1 fully saturated rings. The number of rotatable bonds is 2. The van der Waals surface area contributed by atoms with Gasteiger partial charge in [-0.15, -0.1) is 11.3 Å². The molecule has 90 valence electrons. The lowest BCUT2D eigenvalue weighted by Crippen LogP contribution is -2.36. The van der Waals surface area contributed by atoms with Crippen molar-refractivity contribution in [3.8, 4) is 0 Å². The summed E-state index contributed by atoms with van der Waals surface area (Å²) in [5.74, 6) is -0.881. The number of morpholine rings is 1. The van der Waals surface area contributed by atoms with Crippen LogP contribution in [-0.2, 0) is 4.74 Å². The van der Waals surface area contributed by atoms with E-state index < -0.39 is 5.97 Å². The van der Waals surface area contributed by atoms with Crippen molar-refractivity contribution in [2.45, 2.75) is 0 Å². The van der Waals surface area contributed by atoms with Gasteiger partial charge in [-0.1, -0.05) is 11.3 Å². The van der Waals surface area contributed by atoms with Crippen LogP contribution >= 0.6 is 22.7 Å². The van der Waals surface area contributed by atoms with E-state index in [4.69, 9.17) is 9.84 Å². The standard InChI is InChI=1S/C10H10N2O3S2/c13-9(14)7-5-6-8(16-7)11-10(17-6)12-1-3-15-4-2-12/h5H,1-4H2,(H,13,14). The van der Waals surface area contributed by atoms with E-state index in [9.17, 15) is 4.79 Å². The molecule has 0 aromatic carbocycles. The second-order valence-corrected chi connectivity index (χ2v) is 5.72. The van der Waals surface area contributed by atoms with Crippen LogP contribution in [0.3, 0.4) is 0 Å². The summed E-state index contributed by atoms with van der Waals surface area (Å²) in [5, 5.41) is 9.85. The van der Waals surface area contributed by atoms with E-state index >= 15 is 0 Å². The quantitative estimate of drug-likeness (QED) is 0.903. The van der Waals surface area contributed by atoms with E-state index in [0.29, 0.717) is 4.88 Å². The van der Waals surface area contributed by atoms with Gasteiger partial charge in [0.25, 0.3) is 0 Å². The number of aromatic nitrogens is 1. The molecule has 1 aliphatic heterocycles. The Morgan fingerprint density at radius 3 is 2.82 bits per heavy atom. The molecule has 2 aromatic rings. The van der Waals surface area contributed by atoms with Crippen molar-refractivity contribution >= 4 is 43.3 Å². The van der Waals surface area contributed by atoms with Crippen molar-refractivity contribution in [2.24, 2.45) is 0 Å². The van der Waals surface area contributed by atoms with Crippen molar-refractivity contribution in [3.63, 3.8) is 0 Å². The van der Waals surface area contributed by atoms with Crippen LogP contribution in [0.4, 0.5) is 5.13 Å². The highest BCUT2D eigenvalue weighted by Gasteiger charge is 2.18. The number of anilines is 1. The molecule has 0 bridgehead atoms. The number of fused-ring (bicyclic) bond motifs is 1. The maximum Gasteiger partial charge on any atom is 0.345 e. The van der Waals surface area contributed by atoms with E-state index in [1.807, 2.05) is 0 Å². The Morgan fingerprint density at radius 2 is 2.18 bits per heavy atom. The Kier molecular flexibility index (Phi) is 2.73. The van der Waals surface area contributed by atoms with Gasteiger partial charge in [-0.3, -0.25) is 0 Å². The van der Waals surface area contributed by atoms with Crippen molar-refractivity contribution < 1.29 is 14.6 Å². The molecule has 3 heterocycles. The zero-order valence-corrected chi connectivity index (χ0v) is 10.5. The van der Waals surface area contributed by atoms with E-state index in [-0.39, 0.29) is 0 Å². The normalized spacial score (nSPS) is 16.6. The second kappa shape index (κ2) is 4.25. The van der Waals surface area contributed by atoms with Crippen LogP contribution in [0.1, 0.15) is 9.67 Å². The van der Waals surface area contributed by atoms with E-state index in [1.54, 1.807) is 17.4 Å². The summed E-state index contributed by atoms with van der Waals surface area (Å²) in [7, 11) is 0. The van der Waals surface area contributed by atoms with Crippen molar-refractivity contribution in [2.75, 3.05) is 31.2 Å². The van der Waals surface area contributed by atoms with Crippen LogP contribution in [-0.4, -0.2) is 42.4 Å². The summed E-state index contributed by atoms with van der Waals surface area (Å²) >= 11 is 2.78. The Bertz CT molecular complexity index is 525. The van der Waals surface area contributed by atoms with Gasteiger partial charge in [0.05, 0.1) is 17.9 Å². The molecule has 0 spiro atoms. The maximum atomic E-state index is 10.8. The van der Waals surface area contributed by atoms with Crippen molar-refractivity contribution in [3.05, 3.63) is 10.9 Å². The molecule has 2 aromatic heterocycles. The van der Waals surface area contributed by atoms with Gasteiger partial charge in [0, 0.05) is 13.1 Å². The molecule has 17 heavy (non-hydrogen) atoms. The maximum absolute atomic E-state index is 10.8. The lowest BCUT2D eigenvalue weighted by molar-refractivity contribution is 0.0702. The molecular weight excluding hydrogens is 260 g/mol. The fourth-order valence-corrected chi connectivity index (χ4v) is 3.82. The minimum absolute atomic E-state index is 0.354. The first-order valence-corrected chi connectivity index (χ1v) is 6.84. The summed E-state index contributed by atoms with van der Waals surface area (Å²) in [6.45, 7) is 3.17. The van der Waals surface area contributed by atoms with Gasteiger partial charge in [0.1, 0.15) is 9.71 Å². The molecule has 0 amide bonds. The Morgan fingerprint density at radius 1 is 1.41 bits per heavy atom. The first-order chi connectivity index (χ1) is 8.24. The molecule has 0 unspecified atom stereocenters. The van der Waals surface area contributed by atoms with Crippen LogP contribution in [0.5, 0.6) is 0 Å². The number of carbonyl (C=O) groups is 1. The summed E-state index contributed by atoms with van der Waals surface area (Å²) in [6.07, 6.45) is 0. The molecule has 0 atom stereocenters. The fraction of sp³-hybridized carbons (Fsp3) is 0.400. The van der Waals surface area contributed by atoms with Gasteiger partial charge in [-0.25, -0.2) is 9.78 Å². The zero-order valence-electron chi connectivity index (χ0n) is 8.88. The highest BCUT2D eigenvalue weighted by Crippen LogP contribution is 2.34. The van der Waals surface area contributed by atoms with E-state index in [1.165, 1.54) is 11.3 Å². The van der Waals surface area contributed by atoms with Crippen LogP contribution in [0.15, 0.2) is 6.07 Å². The van der Waals surface area contributed by atoms with E-state index in [2.05, 4.69) is 9.88 Å². The molecule has 1 N–H and O–H groups in total. The third-order valence-corrected chi connectivity index (χ3v) is 4.78. The number of thiophene rings is 1. The van der Waals surface area contributed by atoms with Gasteiger partial charge < -0.3 is 14.7 Å². The van der Waals surface area contributed by atoms with Crippen molar-refractivity contribution in [1.29, 1.82) is 0 Å². The van der Waals surface area contributed by atoms with Gasteiger partial charge in [0.15, 0.2) is 5.13 Å². The minimum atomic E-state index is -0.881. The van der Waals surface area contributed by atoms with Crippen molar-refractivity contribution in [1.82, 2.24) is 4.98 Å². The highest BCUT2D eigenvalue weighted by molar-refractivity contribution is 7.29. The molecule has 0 radical (unpaired) electrons. The molecule has 7 heteroatoms. The fourth-order valence-electron chi connectivity index (χ4n) is 1.72. The highest BCUT2D eigenvalue weighted by atomic mass is 32.1. The SMILES string of the molecule is O=C(O)c1cc2sc(N3CCOCC3)nc2s1. The summed E-state index contributed by atoms with van der Waals surface area (Å²) in [6, 6.07) is 1.70. The third-order valence-electron chi connectivity index (χ3n) is 2.57. The Labute approximate surface area is 105 Å². The lowest BCUT2D eigenvalue weighted by Gasteiger charge is -2.25. The second-order valence-electron chi connectivity index (χ2n) is 3.68. The first-order valence-electron chi connectivity index (χ1n) is 5.20. The molecule has 1 saturated heterocycles. The van der Waals surface area contributed by atoms with Crippen LogP contribution in [0.25, 0.3) is 9.53 Å². The Hall–Kier alpha value is -1.18. The lowest BCUT2D eigenvalue weighted by atomic mass is 10.5. The number of carboxylic acid groups (broad SMARTS) is 1. The van der Waals surface area contributed by atoms with E-state index in [0.717, 1.165) is 41.0 Å². The average molecular weight is 270 g/mol. The number of ether oxygens (including phenoxy) is 1. The Balaban J connectivity index is 1.91. The number of thiazole rings is 1. The van der Waals surface area contributed by atoms with Gasteiger partial charge in [-0.2, -0.15) is 0 Å². The molecule has 5 nitrogen and oxygen atoms in total. The number of nitrogens with zero attached hydrogens (tertiary/aromatic N) is 2. The zero-order chi connectivity index (χ0) is 11.8. The summed E-state index contributed by atoms with van der Waals surface area (Å²) < 4.78 is 6.24. The molecule has 0 saturated carbocycles. The number of carboxylic acids is 1. The molecule has 0 aliphatic carbocycles. The summed E-state index contributed by atoms with van der Waals surface area (Å²) in [4.78, 5) is 18.6. The average Bonchev–Trinajstić information content (AvgIpc) is 2.87. The van der Waals surface area contributed by atoms with Crippen LogP contribution in [0, 0.1) is 0 Å². The van der Waals surface area contributed by atoms with Gasteiger partial charge >= 0.3 is 5.97 Å². The predicted octanol–water partition coefficient (Wildman–Crippen LogP) is 1.89. The molecule has 3 rings (SSSR count). The monoisotopic (exact) mass is 270 g/mol. The molecular formula is C10H10N2O3S2. The number of hydrogen-bond donors (Lipinski definition) is 1. The van der Waals surface area contributed by atoms with Crippen LogP contribution in [0.2, 0.25) is 0 Å². The number of hydrogen-bond acceptors (Lipinski definition) is 6. The first kappa shape index (κ1) is 10.9. The topological polar surface area (TPSA) is 62.7 Å².